The van der Waals surface area contributed by atoms with Crippen LogP contribution in [-0.2, 0) is 0 Å². The van der Waals surface area contributed by atoms with Crippen molar-refractivity contribution in [1.29, 1.82) is 0 Å². The molecule has 4 nitrogen and oxygen atoms in total. The third kappa shape index (κ3) is 3.56. The fraction of sp³-hybridized carbons (Fsp3) is 0. The van der Waals surface area contributed by atoms with Crippen LogP contribution in [-0.4, -0.2) is 9.55 Å². The van der Waals surface area contributed by atoms with Crippen molar-refractivity contribution in [2.45, 2.75) is 0 Å². The summed E-state index contributed by atoms with van der Waals surface area (Å²) in [7, 11) is 0. The molecule has 0 aliphatic heterocycles. The average molecular weight is 475 g/mol. The number of hydrogen-bond donors (Lipinski definition) is 1. The highest BCUT2D eigenvalue weighted by Crippen LogP contribution is 2.38. The molecule has 0 bridgehead atoms. The van der Waals surface area contributed by atoms with Gasteiger partial charge in [-0.05, 0) is 46.3 Å². The maximum atomic E-state index is 13.5. The zero-order valence-corrected chi connectivity index (χ0v) is 19.3. The lowest BCUT2D eigenvalue weighted by molar-refractivity contribution is 0.908. The number of fused-ring (bicyclic) bond motifs is 2. The lowest BCUT2D eigenvalue weighted by atomic mass is 9.94. The summed E-state index contributed by atoms with van der Waals surface area (Å²) in [4.78, 5) is 29.6. The molecule has 0 aliphatic rings. The Morgan fingerprint density at radius 1 is 0.657 bits per heavy atom. The Hall–Kier alpha value is -4.41. The molecule has 168 valence electrons. The summed E-state index contributed by atoms with van der Waals surface area (Å²) in [5, 5.41) is 2.81. The molecule has 1 heterocycles. The van der Waals surface area contributed by atoms with Gasteiger partial charge in [0.2, 0.25) is 0 Å². The summed E-state index contributed by atoms with van der Waals surface area (Å²) in [6, 6.07) is 34.5. The van der Waals surface area contributed by atoms with E-state index in [9.17, 15) is 9.59 Å². The zero-order chi connectivity index (χ0) is 23.9. The van der Waals surface area contributed by atoms with Gasteiger partial charge in [0.15, 0.2) is 0 Å². The van der Waals surface area contributed by atoms with Crippen LogP contribution < -0.4 is 11.2 Å². The first-order chi connectivity index (χ1) is 17.1. The molecule has 35 heavy (non-hydrogen) atoms. The summed E-state index contributed by atoms with van der Waals surface area (Å²) in [6.07, 6.45) is 0. The highest BCUT2D eigenvalue weighted by atomic mass is 35.5. The molecule has 5 aromatic carbocycles. The van der Waals surface area contributed by atoms with Crippen LogP contribution >= 0.6 is 11.6 Å². The molecule has 0 radical (unpaired) electrons. The van der Waals surface area contributed by atoms with Gasteiger partial charge in [-0.15, -0.1) is 0 Å². The molecular weight excluding hydrogens is 456 g/mol. The maximum Gasteiger partial charge on any atom is 0.333 e. The van der Waals surface area contributed by atoms with E-state index in [1.165, 1.54) is 4.57 Å². The van der Waals surface area contributed by atoms with Crippen molar-refractivity contribution in [2.24, 2.45) is 0 Å². The molecule has 1 aromatic heterocycles. The largest absolute Gasteiger partial charge is 0.333 e. The third-order valence-electron chi connectivity index (χ3n) is 6.29. The smallest absolute Gasteiger partial charge is 0.306 e. The quantitative estimate of drug-likeness (QED) is 0.306. The second-order valence-electron chi connectivity index (χ2n) is 8.36. The predicted octanol–water partition coefficient (Wildman–Crippen LogP) is 6.82. The summed E-state index contributed by atoms with van der Waals surface area (Å²) in [6.45, 7) is 0. The average Bonchev–Trinajstić information content (AvgIpc) is 2.89. The molecule has 0 atom stereocenters. The number of rotatable bonds is 3. The fourth-order valence-electron chi connectivity index (χ4n) is 4.67. The molecule has 0 saturated heterocycles. The Kier molecular flexibility index (Phi) is 5.09. The Labute approximate surface area is 205 Å². The fourth-order valence-corrected chi connectivity index (χ4v) is 4.96. The van der Waals surface area contributed by atoms with Gasteiger partial charge in [0.25, 0.3) is 5.56 Å². The number of nitrogens with zero attached hydrogens (tertiary/aromatic N) is 1. The summed E-state index contributed by atoms with van der Waals surface area (Å²) in [5.41, 5.74) is 3.84. The Balaban J connectivity index is 1.57. The van der Waals surface area contributed by atoms with Crippen LogP contribution in [0.3, 0.4) is 0 Å². The van der Waals surface area contributed by atoms with Gasteiger partial charge in [-0.25, -0.2) is 9.36 Å². The molecule has 0 unspecified atom stereocenters. The van der Waals surface area contributed by atoms with Gasteiger partial charge in [-0.3, -0.25) is 4.79 Å². The van der Waals surface area contributed by atoms with Crippen LogP contribution in [0.15, 0.2) is 119 Å². The first kappa shape index (κ1) is 21.1. The van der Waals surface area contributed by atoms with Crippen LogP contribution in [0.1, 0.15) is 0 Å². The van der Waals surface area contributed by atoms with Gasteiger partial charge >= 0.3 is 5.69 Å². The topological polar surface area (TPSA) is 54.9 Å². The molecule has 6 rings (SSSR count). The number of benzene rings is 5. The van der Waals surface area contributed by atoms with Crippen molar-refractivity contribution in [3.63, 3.8) is 0 Å². The van der Waals surface area contributed by atoms with E-state index < -0.39 is 5.69 Å². The summed E-state index contributed by atoms with van der Waals surface area (Å²) >= 11 is 6.65. The van der Waals surface area contributed by atoms with E-state index in [-0.39, 0.29) is 5.56 Å². The van der Waals surface area contributed by atoms with Gasteiger partial charge in [0.05, 0.1) is 16.6 Å². The number of H-pyrrole nitrogens is 1. The summed E-state index contributed by atoms with van der Waals surface area (Å²) in [5.74, 6) is 0. The van der Waals surface area contributed by atoms with Crippen LogP contribution in [0, 0.1) is 0 Å². The lowest BCUT2D eigenvalue weighted by Crippen LogP contribution is -2.33. The minimum atomic E-state index is -0.488. The Morgan fingerprint density at radius 3 is 2.26 bits per heavy atom. The van der Waals surface area contributed by atoms with Crippen LogP contribution in [0.4, 0.5) is 0 Å². The summed E-state index contributed by atoms with van der Waals surface area (Å²) < 4.78 is 1.20. The maximum absolute atomic E-state index is 13.5. The highest BCUT2D eigenvalue weighted by Gasteiger charge is 2.15. The van der Waals surface area contributed by atoms with Crippen LogP contribution in [0.2, 0.25) is 5.02 Å². The molecule has 5 heteroatoms. The molecule has 1 N–H and O–H groups in total. The first-order valence-corrected chi connectivity index (χ1v) is 11.6. The highest BCUT2D eigenvalue weighted by molar-refractivity contribution is 6.34. The second-order valence-corrected chi connectivity index (χ2v) is 8.76. The van der Waals surface area contributed by atoms with Gasteiger partial charge in [0, 0.05) is 16.0 Å². The molecular formula is C30H19ClN2O2. The predicted molar refractivity (Wildman–Crippen MR) is 144 cm³/mol. The van der Waals surface area contributed by atoms with Gasteiger partial charge in [0.1, 0.15) is 0 Å². The number of halogens is 1. The van der Waals surface area contributed by atoms with Crippen molar-refractivity contribution in [1.82, 2.24) is 9.55 Å². The van der Waals surface area contributed by atoms with Crippen molar-refractivity contribution >= 4 is 33.3 Å². The van der Waals surface area contributed by atoms with Crippen molar-refractivity contribution in [3.05, 3.63) is 135 Å². The Morgan fingerprint density at radius 2 is 1.40 bits per heavy atom. The molecule has 6 aromatic rings. The Bertz CT molecular complexity index is 1850. The minimum Gasteiger partial charge on any atom is -0.306 e. The first-order valence-electron chi connectivity index (χ1n) is 11.2. The zero-order valence-electron chi connectivity index (χ0n) is 18.5. The van der Waals surface area contributed by atoms with Gasteiger partial charge < -0.3 is 4.98 Å². The third-order valence-corrected chi connectivity index (χ3v) is 6.61. The monoisotopic (exact) mass is 474 g/mol. The molecule has 0 spiro atoms. The normalized spacial score (nSPS) is 11.2. The molecule has 0 saturated carbocycles. The standard InChI is InChI=1S/C30H19ClN2O2/c31-25-14-7-13-23(20-8-2-1-3-9-20)28(25)21-16-17-24-26(18-21)32-30(35)33(29(24)34)27-15-6-11-19-10-4-5-12-22(19)27/h1-18H,(H,32,35). The number of aromatic nitrogens is 2. The lowest BCUT2D eigenvalue weighted by Gasteiger charge is -2.14. The van der Waals surface area contributed by atoms with Crippen molar-refractivity contribution in [2.75, 3.05) is 0 Å². The van der Waals surface area contributed by atoms with E-state index in [4.69, 9.17) is 11.6 Å². The van der Waals surface area contributed by atoms with E-state index in [0.717, 1.165) is 33.0 Å². The van der Waals surface area contributed by atoms with Gasteiger partial charge in [-0.1, -0.05) is 96.5 Å². The van der Waals surface area contributed by atoms with Crippen LogP contribution in [0.25, 0.3) is 49.6 Å². The van der Waals surface area contributed by atoms with Crippen LogP contribution in [0.5, 0.6) is 0 Å². The van der Waals surface area contributed by atoms with E-state index in [1.807, 2.05) is 97.1 Å². The van der Waals surface area contributed by atoms with E-state index in [2.05, 4.69) is 4.98 Å². The molecule has 0 fully saturated rings. The second kappa shape index (κ2) is 8.42. The molecule has 0 amide bonds. The van der Waals surface area contributed by atoms with Gasteiger partial charge in [-0.2, -0.15) is 0 Å². The number of hydrogen-bond acceptors (Lipinski definition) is 2. The molecule has 0 aliphatic carbocycles. The van der Waals surface area contributed by atoms with Crippen molar-refractivity contribution < 1.29 is 0 Å². The number of aromatic amines is 1. The SMILES string of the molecule is O=c1[nH]c2cc(-c3c(Cl)cccc3-c3ccccc3)ccc2c(=O)n1-c1cccc2ccccc12. The van der Waals surface area contributed by atoms with Crippen molar-refractivity contribution in [3.8, 4) is 27.9 Å². The minimum absolute atomic E-state index is 0.367. The number of nitrogens with one attached hydrogen (secondary N) is 1. The van der Waals surface area contributed by atoms with E-state index in [1.54, 1.807) is 12.1 Å². The van der Waals surface area contributed by atoms with E-state index in [0.29, 0.717) is 21.6 Å². The van der Waals surface area contributed by atoms with E-state index >= 15 is 0 Å².